The lowest BCUT2D eigenvalue weighted by atomic mass is 9.33. The van der Waals surface area contributed by atoms with Crippen LogP contribution < -0.4 is 26.2 Å². The Hall–Kier alpha value is -2.68. The van der Waals surface area contributed by atoms with Crippen LogP contribution in [0.2, 0.25) is 0 Å². The molecule has 4 aliphatic carbocycles. The molecule has 3 aromatic carbocycles. The maximum Gasteiger partial charge on any atom is 0.252 e. The molecule has 51 heavy (non-hydrogen) atoms. The zero-order chi connectivity index (χ0) is 35.2. The molecule has 4 saturated carbocycles. The summed E-state index contributed by atoms with van der Waals surface area (Å²) in [4.78, 5) is 6.10. The van der Waals surface area contributed by atoms with E-state index in [4.69, 9.17) is 0 Å². The van der Waals surface area contributed by atoms with Gasteiger partial charge in [0.1, 0.15) is 0 Å². The van der Waals surface area contributed by atoms with Crippen LogP contribution in [0.15, 0.2) is 36.4 Å². The zero-order valence-electron chi connectivity index (χ0n) is 33.2. The fraction of sp³-hybridized carbons (Fsp3) is 0.625. The van der Waals surface area contributed by atoms with Crippen LogP contribution in [0.5, 0.6) is 0 Å². The summed E-state index contributed by atoms with van der Waals surface area (Å²) >= 11 is 0. The number of rotatable bonds is 0. The molecule has 4 heterocycles. The second kappa shape index (κ2) is 9.70. The Balaban J connectivity index is 1.27. The molecule has 8 atom stereocenters. The van der Waals surface area contributed by atoms with Gasteiger partial charge in [-0.2, -0.15) is 0 Å². The number of anilines is 4. The summed E-state index contributed by atoms with van der Waals surface area (Å²) in [6, 6.07) is 16.1. The molecule has 0 saturated heterocycles. The second-order valence-corrected chi connectivity index (χ2v) is 21.1. The van der Waals surface area contributed by atoms with Crippen LogP contribution in [0.1, 0.15) is 153 Å². The number of nitrogens with zero attached hydrogens (tertiary/aromatic N) is 2. The topological polar surface area (TPSA) is 6.48 Å². The zero-order valence-corrected chi connectivity index (χ0v) is 33.2. The monoisotopic (exact) mass is 676 g/mol. The molecular formula is C48H61BN2. The minimum Gasteiger partial charge on any atom is -0.335 e. The quantitative estimate of drug-likeness (QED) is 0.219. The Labute approximate surface area is 309 Å². The number of benzene rings is 3. The van der Waals surface area contributed by atoms with Gasteiger partial charge in [-0.25, -0.2) is 0 Å². The first-order valence-electron chi connectivity index (χ1n) is 21.3. The summed E-state index contributed by atoms with van der Waals surface area (Å²) in [5.74, 6) is 3.18. The van der Waals surface area contributed by atoms with Gasteiger partial charge in [0, 0.05) is 33.6 Å². The minimum atomic E-state index is 0.0667. The van der Waals surface area contributed by atoms with Crippen molar-refractivity contribution in [1.82, 2.24) is 0 Å². The lowest BCUT2D eigenvalue weighted by Crippen LogP contribution is -2.69. The average molecular weight is 677 g/mol. The van der Waals surface area contributed by atoms with Crippen molar-refractivity contribution in [2.45, 2.75) is 167 Å². The van der Waals surface area contributed by atoms with E-state index in [0.717, 1.165) is 23.7 Å². The SMILES string of the molecule is Cc1cc2c3c(c1)N1c4c(cc(C(C)(C)C)cc4C4(C)CCC5CCCCC5C14C)B3c1cc(C)cc3c1N2C1(C)C2CCCCC2CCC31C. The molecule has 0 spiro atoms. The van der Waals surface area contributed by atoms with Crippen molar-refractivity contribution in [2.75, 3.05) is 9.80 Å². The molecule has 2 nitrogen and oxygen atoms in total. The standard InChI is InChI=1S/C48H61BN2/c1-28-22-35-42-37(23-28)49-38-27-32(44(3,4)5)26-36-43(38)51(48(9)34-17-13-11-15-31(34)19-21-46(36,48)7)40-25-29(2)24-39(41(40)49)50(42)47(8)33-16-12-10-14-30(33)18-20-45(35,47)6/h22-27,30-31,33-34H,10-21H2,1-9H3. The van der Waals surface area contributed by atoms with Gasteiger partial charge in [0.15, 0.2) is 0 Å². The highest BCUT2D eigenvalue weighted by Crippen LogP contribution is 2.69. The van der Waals surface area contributed by atoms with Crippen molar-refractivity contribution >= 4 is 45.9 Å². The molecule has 8 aliphatic rings. The van der Waals surface area contributed by atoms with Crippen molar-refractivity contribution < 1.29 is 0 Å². The number of aryl methyl sites for hydroxylation is 2. The Morgan fingerprint density at radius 1 is 0.588 bits per heavy atom. The molecule has 3 heteroatoms. The predicted molar refractivity (Wildman–Crippen MR) is 217 cm³/mol. The highest BCUT2D eigenvalue weighted by Gasteiger charge is 2.69. The van der Waals surface area contributed by atoms with Gasteiger partial charge in [0.2, 0.25) is 0 Å². The van der Waals surface area contributed by atoms with Crippen LogP contribution in [0.4, 0.5) is 22.7 Å². The second-order valence-electron chi connectivity index (χ2n) is 21.1. The third-order valence-electron chi connectivity index (χ3n) is 18.1. The van der Waals surface area contributed by atoms with E-state index >= 15 is 0 Å². The van der Waals surface area contributed by atoms with Gasteiger partial charge in [0.05, 0.1) is 11.1 Å². The molecule has 0 aromatic heterocycles. The summed E-state index contributed by atoms with van der Waals surface area (Å²) in [5.41, 5.74) is 19.5. The van der Waals surface area contributed by atoms with E-state index in [1.165, 1.54) is 93.7 Å². The van der Waals surface area contributed by atoms with E-state index in [1.807, 2.05) is 0 Å². The first kappa shape index (κ1) is 31.8. The third-order valence-corrected chi connectivity index (χ3v) is 18.1. The minimum absolute atomic E-state index is 0.0667. The van der Waals surface area contributed by atoms with Crippen LogP contribution in [-0.2, 0) is 16.2 Å². The van der Waals surface area contributed by atoms with Crippen molar-refractivity contribution in [3.63, 3.8) is 0 Å². The summed E-state index contributed by atoms with van der Waals surface area (Å²) in [6.07, 6.45) is 16.7. The first-order valence-corrected chi connectivity index (χ1v) is 21.3. The number of hydrogen-bond acceptors (Lipinski definition) is 2. The maximum absolute atomic E-state index is 3.05. The van der Waals surface area contributed by atoms with Crippen molar-refractivity contribution in [3.05, 3.63) is 64.2 Å². The van der Waals surface area contributed by atoms with Gasteiger partial charge < -0.3 is 9.80 Å². The Morgan fingerprint density at radius 3 is 1.59 bits per heavy atom. The van der Waals surface area contributed by atoms with Crippen molar-refractivity contribution in [2.24, 2.45) is 23.7 Å². The average Bonchev–Trinajstić information content (AvgIpc) is 3.44. The van der Waals surface area contributed by atoms with Crippen LogP contribution in [0, 0.1) is 37.5 Å². The molecule has 8 unspecified atom stereocenters. The lowest BCUT2D eigenvalue weighted by Gasteiger charge is -2.61. The molecular weight excluding hydrogens is 615 g/mol. The highest BCUT2D eigenvalue weighted by atomic mass is 15.3. The van der Waals surface area contributed by atoms with Gasteiger partial charge in [-0.05, 0) is 146 Å². The van der Waals surface area contributed by atoms with E-state index < -0.39 is 0 Å². The van der Waals surface area contributed by atoms with Crippen LogP contribution >= 0.6 is 0 Å². The fourth-order valence-electron chi connectivity index (χ4n) is 15.3. The van der Waals surface area contributed by atoms with Gasteiger partial charge in [-0.1, -0.05) is 103 Å². The van der Waals surface area contributed by atoms with Gasteiger partial charge in [-0.15, -0.1) is 0 Å². The van der Waals surface area contributed by atoms with Gasteiger partial charge >= 0.3 is 0 Å². The van der Waals surface area contributed by atoms with E-state index in [-0.39, 0.29) is 34.0 Å². The van der Waals surface area contributed by atoms with Gasteiger partial charge in [0.25, 0.3) is 6.71 Å². The third kappa shape index (κ3) is 3.47. The van der Waals surface area contributed by atoms with E-state index in [2.05, 4.69) is 109 Å². The Morgan fingerprint density at radius 2 is 1.06 bits per heavy atom. The molecule has 266 valence electrons. The molecule has 0 N–H and O–H groups in total. The lowest BCUT2D eigenvalue weighted by molar-refractivity contribution is 0.0334. The Bertz CT molecular complexity index is 2040. The highest BCUT2D eigenvalue weighted by molar-refractivity contribution is 7.00. The number of hydrogen-bond donors (Lipinski definition) is 0. The largest absolute Gasteiger partial charge is 0.335 e. The Kier molecular flexibility index (Phi) is 6.05. The summed E-state index contributed by atoms with van der Waals surface area (Å²) < 4.78 is 0. The van der Waals surface area contributed by atoms with Gasteiger partial charge in [-0.3, -0.25) is 0 Å². The summed E-state index contributed by atoms with van der Waals surface area (Å²) in [6.45, 7) is 23.4. The molecule has 0 radical (unpaired) electrons. The van der Waals surface area contributed by atoms with Crippen LogP contribution in [-0.4, -0.2) is 17.8 Å². The normalized spacial score (nSPS) is 37.9. The maximum atomic E-state index is 3.05. The number of fused-ring (bicyclic) bond motifs is 14. The molecule has 4 fully saturated rings. The van der Waals surface area contributed by atoms with E-state index in [9.17, 15) is 0 Å². The first-order chi connectivity index (χ1) is 24.2. The molecule has 3 aromatic rings. The van der Waals surface area contributed by atoms with Crippen LogP contribution in [0.25, 0.3) is 0 Å². The van der Waals surface area contributed by atoms with E-state index in [0.29, 0.717) is 0 Å². The predicted octanol–water partition coefficient (Wildman–Crippen LogP) is 10.3. The van der Waals surface area contributed by atoms with E-state index in [1.54, 1.807) is 50.3 Å². The van der Waals surface area contributed by atoms with Crippen LogP contribution in [0.3, 0.4) is 0 Å². The fourth-order valence-corrected chi connectivity index (χ4v) is 15.3. The smallest absolute Gasteiger partial charge is 0.252 e. The van der Waals surface area contributed by atoms with Crippen molar-refractivity contribution in [3.8, 4) is 0 Å². The molecule has 4 aliphatic heterocycles. The molecule has 11 rings (SSSR count). The molecule has 0 bridgehead atoms. The summed E-state index contributed by atoms with van der Waals surface area (Å²) in [5, 5.41) is 0. The molecule has 0 amide bonds. The summed E-state index contributed by atoms with van der Waals surface area (Å²) in [7, 11) is 0. The van der Waals surface area contributed by atoms with Crippen molar-refractivity contribution in [1.29, 1.82) is 0 Å².